The molecule has 6 heteroatoms. The fraction of sp³-hybridized carbons (Fsp3) is 0.364. The number of hydrogen-bond donors (Lipinski definition) is 0. The molecule has 28 heavy (non-hydrogen) atoms. The number of para-hydroxylation sites is 2. The van der Waals surface area contributed by atoms with E-state index in [4.69, 9.17) is 4.74 Å². The predicted octanol–water partition coefficient (Wildman–Crippen LogP) is 3.09. The topological polar surface area (TPSA) is 50.6 Å². The molecule has 1 aromatic heterocycles. The van der Waals surface area contributed by atoms with Crippen LogP contribution in [0.5, 0.6) is 5.75 Å². The number of amides is 1. The number of nitrogens with zero attached hydrogens (tertiary/aromatic N) is 4. The molecule has 1 saturated heterocycles. The molecule has 3 aromatic rings. The number of aromatic nitrogens is 2. The van der Waals surface area contributed by atoms with Crippen LogP contribution in [-0.2, 0) is 11.3 Å². The van der Waals surface area contributed by atoms with Gasteiger partial charge in [-0.1, -0.05) is 18.2 Å². The van der Waals surface area contributed by atoms with E-state index in [2.05, 4.69) is 26.6 Å². The normalized spacial score (nSPS) is 14.5. The highest BCUT2D eigenvalue weighted by Gasteiger charge is 2.21. The van der Waals surface area contributed by atoms with E-state index < -0.39 is 0 Å². The van der Waals surface area contributed by atoms with Crippen molar-refractivity contribution in [3.63, 3.8) is 0 Å². The van der Waals surface area contributed by atoms with Crippen LogP contribution < -0.4 is 9.64 Å². The zero-order chi connectivity index (χ0) is 19.5. The third-order valence-corrected chi connectivity index (χ3v) is 5.45. The third kappa shape index (κ3) is 3.67. The largest absolute Gasteiger partial charge is 0.497 e. The first-order valence-electron chi connectivity index (χ1n) is 9.74. The number of anilines is 1. The van der Waals surface area contributed by atoms with Crippen LogP contribution in [0, 0.1) is 6.92 Å². The van der Waals surface area contributed by atoms with Gasteiger partial charge >= 0.3 is 0 Å². The van der Waals surface area contributed by atoms with E-state index in [1.54, 1.807) is 7.11 Å². The maximum atomic E-state index is 12.7. The first-order chi connectivity index (χ1) is 13.7. The zero-order valence-electron chi connectivity index (χ0n) is 16.5. The van der Waals surface area contributed by atoms with Crippen molar-refractivity contribution in [2.45, 2.75) is 19.9 Å². The summed E-state index contributed by atoms with van der Waals surface area (Å²) < 4.78 is 7.45. The molecule has 2 heterocycles. The number of hydrogen-bond acceptors (Lipinski definition) is 4. The summed E-state index contributed by atoms with van der Waals surface area (Å²) in [6.07, 6.45) is 0.500. The minimum absolute atomic E-state index is 0.211. The Bertz CT molecular complexity index is 974. The van der Waals surface area contributed by atoms with Crippen molar-refractivity contribution in [1.82, 2.24) is 14.5 Å². The van der Waals surface area contributed by atoms with Gasteiger partial charge in [0.2, 0.25) is 5.91 Å². The lowest BCUT2D eigenvalue weighted by Crippen LogP contribution is -2.49. The van der Waals surface area contributed by atoms with E-state index in [1.165, 1.54) is 0 Å². The van der Waals surface area contributed by atoms with E-state index >= 15 is 0 Å². The Morgan fingerprint density at radius 3 is 2.64 bits per heavy atom. The molecule has 0 spiro atoms. The fourth-order valence-electron chi connectivity index (χ4n) is 3.86. The average Bonchev–Trinajstić information content (AvgIpc) is 3.07. The molecule has 0 atom stereocenters. The summed E-state index contributed by atoms with van der Waals surface area (Å²) in [7, 11) is 1.68. The summed E-state index contributed by atoms with van der Waals surface area (Å²) >= 11 is 0. The first-order valence-corrected chi connectivity index (χ1v) is 9.74. The number of benzene rings is 2. The number of imidazole rings is 1. The molecule has 0 aliphatic carbocycles. The summed E-state index contributed by atoms with van der Waals surface area (Å²) in [6.45, 7) is 5.84. The van der Waals surface area contributed by atoms with E-state index in [0.717, 1.165) is 54.5 Å². The second kappa shape index (κ2) is 7.92. The van der Waals surface area contributed by atoms with Gasteiger partial charge in [-0.05, 0) is 31.2 Å². The molecule has 146 valence electrons. The second-order valence-corrected chi connectivity index (χ2v) is 7.12. The van der Waals surface area contributed by atoms with Crippen molar-refractivity contribution in [2.24, 2.45) is 0 Å². The summed E-state index contributed by atoms with van der Waals surface area (Å²) in [5.41, 5.74) is 3.22. The molecule has 1 amide bonds. The lowest BCUT2D eigenvalue weighted by atomic mass is 10.2. The Morgan fingerprint density at radius 1 is 1.07 bits per heavy atom. The van der Waals surface area contributed by atoms with Gasteiger partial charge in [0.05, 0.1) is 18.1 Å². The molecular weight excluding hydrogens is 352 g/mol. The van der Waals surface area contributed by atoms with E-state index in [1.807, 2.05) is 48.2 Å². The van der Waals surface area contributed by atoms with Gasteiger partial charge in [-0.15, -0.1) is 0 Å². The third-order valence-electron chi connectivity index (χ3n) is 5.45. The molecule has 0 saturated carbocycles. The molecule has 0 unspecified atom stereocenters. The van der Waals surface area contributed by atoms with Crippen LogP contribution in [0.4, 0.5) is 5.69 Å². The Labute approximate surface area is 165 Å². The van der Waals surface area contributed by atoms with Crippen LogP contribution in [-0.4, -0.2) is 53.6 Å². The average molecular weight is 378 g/mol. The number of piperazine rings is 1. The molecule has 0 bridgehead atoms. The van der Waals surface area contributed by atoms with E-state index in [0.29, 0.717) is 13.0 Å². The number of fused-ring (bicyclic) bond motifs is 1. The minimum Gasteiger partial charge on any atom is -0.497 e. The fourth-order valence-corrected chi connectivity index (χ4v) is 3.86. The van der Waals surface area contributed by atoms with Crippen molar-refractivity contribution >= 4 is 22.6 Å². The van der Waals surface area contributed by atoms with Crippen LogP contribution in [0.15, 0.2) is 48.5 Å². The standard InChI is InChI=1S/C22H26N4O2/c1-17-23-20-8-3-4-9-21(20)26(17)11-10-22(27)25-14-12-24(13-15-25)18-6-5-7-19(16-18)28-2/h3-9,16H,10-15H2,1-2H3. The second-order valence-electron chi connectivity index (χ2n) is 7.12. The summed E-state index contributed by atoms with van der Waals surface area (Å²) in [5, 5.41) is 0. The number of methoxy groups -OCH3 is 1. The van der Waals surface area contributed by atoms with Crippen molar-refractivity contribution in [1.29, 1.82) is 0 Å². The number of rotatable bonds is 5. The van der Waals surface area contributed by atoms with E-state index in [9.17, 15) is 4.79 Å². The van der Waals surface area contributed by atoms with Crippen molar-refractivity contribution in [2.75, 3.05) is 38.2 Å². The lowest BCUT2D eigenvalue weighted by Gasteiger charge is -2.36. The smallest absolute Gasteiger partial charge is 0.224 e. The number of carbonyl (C=O) groups excluding carboxylic acids is 1. The highest BCUT2D eigenvalue weighted by molar-refractivity contribution is 5.78. The Balaban J connectivity index is 1.34. The van der Waals surface area contributed by atoms with Crippen LogP contribution in [0.2, 0.25) is 0 Å². The van der Waals surface area contributed by atoms with Gasteiger partial charge in [0, 0.05) is 50.9 Å². The molecule has 6 nitrogen and oxygen atoms in total. The molecule has 0 radical (unpaired) electrons. The van der Waals surface area contributed by atoms with Crippen LogP contribution in [0.3, 0.4) is 0 Å². The van der Waals surface area contributed by atoms with E-state index in [-0.39, 0.29) is 5.91 Å². The highest BCUT2D eigenvalue weighted by Crippen LogP contribution is 2.22. The van der Waals surface area contributed by atoms with Gasteiger partial charge in [0.25, 0.3) is 0 Å². The monoisotopic (exact) mass is 378 g/mol. The number of carbonyl (C=O) groups is 1. The van der Waals surface area contributed by atoms with Gasteiger partial charge in [-0.3, -0.25) is 4.79 Å². The van der Waals surface area contributed by atoms with Gasteiger partial charge in [0.1, 0.15) is 11.6 Å². The first kappa shape index (κ1) is 18.3. The summed E-state index contributed by atoms with van der Waals surface area (Å²) in [4.78, 5) is 21.6. The van der Waals surface area contributed by atoms with Crippen LogP contribution in [0.25, 0.3) is 11.0 Å². The molecule has 2 aromatic carbocycles. The van der Waals surface area contributed by atoms with Crippen LogP contribution >= 0.6 is 0 Å². The highest BCUT2D eigenvalue weighted by atomic mass is 16.5. The maximum absolute atomic E-state index is 12.7. The number of ether oxygens (including phenoxy) is 1. The molecule has 1 aliphatic heterocycles. The minimum atomic E-state index is 0.211. The van der Waals surface area contributed by atoms with Gasteiger partial charge in [0.15, 0.2) is 0 Å². The summed E-state index contributed by atoms with van der Waals surface area (Å²) in [6, 6.07) is 16.2. The van der Waals surface area contributed by atoms with Gasteiger partial charge in [-0.2, -0.15) is 0 Å². The molecule has 1 fully saturated rings. The van der Waals surface area contributed by atoms with Crippen molar-refractivity contribution in [3.05, 3.63) is 54.4 Å². The molecule has 1 aliphatic rings. The molecule has 0 N–H and O–H groups in total. The molecular formula is C22H26N4O2. The van der Waals surface area contributed by atoms with Gasteiger partial charge in [-0.25, -0.2) is 4.98 Å². The van der Waals surface area contributed by atoms with Crippen molar-refractivity contribution in [3.8, 4) is 5.75 Å². The maximum Gasteiger partial charge on any atom is 0.224 e. The van der Waals surface area contributed by atoms with Crippen molar-refractivity contribution < 1.29 is 9.53 Å². The summed E-state index contributed by atoms with van der Waals surface area (Å²) in [5.74, 6) is 2.03. The molecule has 4 rings (SSSR count). The van der Waals surface area contributed by atoms with Crippen LogP contribution in [0.1, 0.15) is 12.2 Å². The Morgan fingerprint density at radius 2 is 1.86 bits per heavy atom. The Kier molecular flexibility index (Phi) is 5.19. The zero-order valence-corrected chi connectivity index (χ0v) is 16.5. The van der Waals surface area contributed by atoms with Gasteiger partial charge < -0.3 is 19.1 Å². The Hall–Kier alpha value is -3.02. The SMILES string of the molecule is COc1cccc(N2CCN(C(=O)CCn3c(C)nc4ccccc43)CC2)c1. The lowest BCUT2D eigenvalue weighted by molar-refractivity contribution is -0.131. The quantitative estimate of drug-likeness (QED) is 0.685. The number of aryl methyl sites for hydroxylation is 2. The predicted molar refractivity (Wildman–Crippen MR) is 111 cm³/mol.